The quantitative estimate of drug-likeness (QED) is 0.632. The van der Waals surface area contributed by atoms with Crippen LogP contribution in [0.2, 0.25) is 5.02 Å². The largest absolute Gasteiger partial charge is 0.436 e. The summed E-state index contributed by atoms with van der Waals surface area (Å²) in [5.74, 6) is 0.315. The zero-order chi connectivity index (χ0) is 10.4. The number of hydrogen-bond acceptors (Lipinski definition) is 3. The van der Waals surface area contributed by atoms with Crippen LogP contribution in [0.15, 0.2) is 33.5 Å². The van der Waals surface area contributed by atoms with E-state index in [1.165, 1.54) is 0 Å². The van der Waals surface area contributed by atoms with E-state index >= 15 is 0 Å². The SMILES string of the molecule is O=c1[nH]nc2oc3ccc(Cl)cc3cc1-2. The molecule has 5 heteroatoms. The highest BCUT2D eigenvalue weighted by Crippen LogP contribution is 2.25. The van der Waals surface area contributed by atoms with Gasteiger partial charge in [0.15, 0.2) is 0 Å². The lowest BCUT2D eigenvalue weighted by Crippen LogP contribution is -1.99. The minimum absolute atomic E-state index is 0.254. The molecule has 1 aromatic rings. The Kier molecular flexibility index (Phi) is 1.61. The number of halogens is 1. The predicted molar refractivity (Wildman–Crippen MR) is 56.3 cm³/mol. The van der Waals surface area contributed by atoms with Gasteiger partial charge in [0.25, 0.3) is 5.56 Å². The molecule has 0 amide bonds. The number of H-pyrrole nitrogens is 1. The van der Waals surface area contributed by atoms with Crippen LogP contribution in [-0.2, 0) is 0 Å². The third-order valence-electron chi connectivity index (χ3n) is 2.21. The van der Waals surface area contributed by atoms with E-state index in [1.54, 1.807) is 24.3 Å². The molecule has 0 spiro atoms. The Balaban J connectivity index is 2.51. The third-order valence-corrected chi connectivity index (χ3v) is 2.45. The van der Waals surface area contributed by atoms with Gasteiger partial charge in [-0.1, -0.05) is 11.6 Å². The van der Waals surface area contributed by atoms with E-state index < -0.39 is 0 Å². The maximum atomic E-state index is 11.3. The summed E-state index contributed by atoms with van der Waals surface area (Å²) in [5, 5.41) is 7.48. The second-order valence-corrected chi connectivity index (χ2v) is 3.64. The number of benzene rings is 1. The Morgan fingerprint density at radius 1 is 1.33 bits per heavy atom. The van der Waals surface area contributed by atoms with Crippen LogP contribution >= 0.6 is 11.6 Å². The summed E-state index contributed by atoms with van der Waals surface area (Å²) in [6, 6.07) is 6.93. The van der Waals surface area contributed by atoms with Crippen LogP contribution in [0.25, 0.3) is 22.4 Å². The van der Waals surface area contributed by atoms with Crippen LogP contribution in [0.5, 0.6) is 0 Å². The highest BCUT2D eigenvalue weighted by Gasteiger charge is 2.13. The highest BCUT2D eigenvalue weighted by molar-refractivity contribution is 6.31. The van der Waals surface area contributed by atoms with Crippen molar-refractivity contribution in [3.63, 3.8) is 0 Å². The van der Waals surface area contributed by atoms with E-state index in [9.17, 15) is 4.79 Å². The molecule has 2 aliphatic heterocycles. The van der Waals surface area contributed by atoms with E-state index in [2.05, 4.69) is 10.2 Å². The molecule has 1 N–H and O–H groups in total. The average molecular weight is 221 g/mol. The van der Waals surface area contributed by atoms with Gasteiger partial charge in [-0.05, 0) is 24.3 Å². The molecule has 0 radical (unpaired) electrons. The predicted octanol–water partition coefficient (Wildman–Crippen LogP) is 2.27. The summed E-state index contributed by atoms with van der Waals surface area (Å²) < 4.78 is 5.42. The maximum absolute atomic E-state index is 11.3. The van der Waals surface area contributed by atoms with Gasteiger partial charge in [0.2, 0.25) is 5.89 Å². The number of hydrogen-bond donors (Lipinski definition) is 1. The Morgan fingerprint density at radius 3 is 3.07 bits per heavy atom. The molecule has 0 saturated carbocycles. The molecule has 0 bridgehead atoms. The van der Waals surface area contributed by atoms with Gasteiger partial charge in [-0.15, -0.1) is 5.10 Å². The minimum Gasteiger partial charge on any atom is -0.436 e. The molecule has 4 nitrogen and oxygen atoms in total. The van der Waals surface area contributed by atoms with Crippen LogP contribution in [0, 0.1) is 0 Å². The van der Waals surface area contributed by atoms with Gasteiger partial charge in [0.05, 0.1) is 0 Å². The van der Waals surface area contributed by atoms with Crippen molar-refractivity contribution < 1.29 is 4.42 Å². The zero-order valence-corrected chi connectivity index (χ0v) is 8.21. The summed E-state index contributed by atoms with van der Waals surface area (Å²) in [6.45, 7) is 0. The van der Waals surface area contributed by atoms with E-state index in [0.717, 1.165) is 5.39 Å². The van der Waals surface area contributed by atoms with Gasteiger partial charge < -0.3 is 4.42 Å². The summed E-state index contributed by atoms with van der Waals surface area (Å²) in [7, 11) is 0. The fourth-order valence-electron chi connectivity index (χ4n) is 1.51. The maximum Gasteiger partial charge on any atom is 0.277 e. The van der Waals surface area contributed by atoms with Gasteiger partial charge in [-0.3, -0.25) is 4.79 Å². The number of fused-ring (bicyclic) bond motifs is 2. The molecule has 3 rings (SSSR count). The van der Waals surface area contributed by atoms with Gasteiger partial charge in [-0.2, -0.15) is 0 Å². The smallest absolute Gasteiger partial charge is 0.277 e. The Labute approximate surface area is 88.8 Å². The molecule has 0 saturated heterocycles. The lowest BCUT2D eigenvalue weighted by atomic mass is 10.2. The molecule has 0 atom stereocenters. The molecule has 2 aliphatic rings. The van der Waals surface area contributed by atoms with Crippen molar-refractivity contribution in [1.29, 1.82) is 0 Å². The van der Waals surface area contributed by atoms with E-state index in [4.69, 9.17) is 16.0 Å². The summed E-state index contributed by atoms with van der Waals surface area (Å²) in [6.07, 6.45) is 0. The lowest BCUT2D eigenvalue weighted by Gasteiger charge is -2.00. The first-order valence-corrected chi connectivity index (χ1v) is 4.69. The van der Waals surface area contributed by atoms with Crippen molar-refractivity contribution in [2.24, 2.45) is 0 Å². The van der Waals surface area contributed by atoms with Crippen LogP contribution in [0.4, 0.5) is 0 Å². The monoisotopic (exact) mass is 220 g/mol. The molecule has 0 aliphatic carbocycles. The van der Waals surface area contributed by atoms with Gasteiger partial charge in [0.1, 0.15) is 11.1 Å². The van der Waals surface area contributed by atoms with E-state index in [0.29, 0.717) is 22.1 Å². The lowest BCUT2D eigenvalue weighted by molar-refractivity contribution is 0.598. The standard InChI is InChI=1S/C10H5ClN2O2/c11-6-1-2-8-5(3-6)4-7-9(14)12-13-10(7)15-8/h1-4H,(H,12,14). The van der Waals surface area contributed by atoms with Crippen LogP contribution in [0.3, 0.4) is 0 Å². The van der Waals surface area contributed by atoms with Crippen molar-refractivity contribution in [3.8, 4) is 11.5 Å². The number of aromatic amines is 1. The molecule has 0 unspecified atom stereocenters. The van der Waals surface area contributed by atoms with Crippen molar-refractivity contribution in [2.45, 2.75) is 0 Å². The molecule has 74 valence electrons. The van der Waals surface area contributed by atoms with Gasteiger partial charge in [-0.25, -0.2) is 5.10 Å². The van der Waals surface area contributed by atoms with Gasteiger partial charge in [0, 0.05) is 10.4 Å². The number of nitrogens with zero attached hydrogens (tertiary/aromatic N) is 1. The first kappa shape index (κ1) is 8.49. The van der Waals surface area contributed by atoms with Crippen LogP contribution in [-0.4, -0.2) is 10.2 Å². The van der Waals surface area contributed by atoms with Crippen molar-refractivity contribution in [1.82, 2.24) is 10.2 Å². The first-order chi connectivity index (χ1) is 7.24. The number of nitrogens with one attached hydrogen (secondary N) is 1. The molecule has 2 heterocycles. The summed E-state index contributed by atoms with van der Waals surface area (Å²) >= 11 is 5.84. The Bertz CT molecular complexity index is 671. The van der Waals surface area contributed by atoms with E-state index in [-0.39, 0.29) is 5.56 Å². The summed E-state index contributed by atoms with van der Waals surface area (Å²) in [4.78, 5) is 11.3. The van der Waals surface area contributed by atoms with E-state index in [1.807, 2.05) is 0 Å². The molecule has 0 aromatic heterocycles. The van der Waals surface area contributed by atoms with Crippen LogP contribution in [0.1, 0.15) is 0 Å². The molecule has 0 fully saturated rings. The minimum atomic E-state index is -0.254. The second-order valence-electron chi connectivity index (χ2n) is 3.20. The fourth-order valence-corrected chi connectivity index (χ4v) is 1.69. The molecule has 15 heavy (non-hydrogen) atoms. The fraction of sp³-hybridized carbons (Fsp3) is 0. The highest BCUT2D eigenvalue weighted by atomic mass is 35.5. The normalized spacial score (nSPS) is 11.3. The van der Waals surface area contributed by atoms with Crippen molar-refractivity contribution in [3.05, 3.63) is 39.6 Å². The van der Waals surface area contributed by atoms with Crippen LogP contribution < -0.4 is 5.56 Å². The van der Waals surface area contributed by atoms with Crippen molar-refractivity contribution in [2.75, 3.05) is 0 Å². The Hall–Kier alpha value is -1.81. The first-order valence-electron chi connectivity index (χ1n) is 4.31. The zero-order valence-electron chi connectivity index (χ0n) is 7.45. The molecular weight excluding hydrogens is 216 g/mol. The average Bonchev–Trinajstić information content (AvgIpc) is 2.57. The second kappa shape index (κ2) is 2.84. The third kappa shape index (κ3) is 1.22. The van der Waals surface area contributed by atoms with Crippen molar-refractivity contribution >= 4 is 22.6 Å². The topological polar surface area (TPSA) is 58.9 Å². The molecular formula is C10H5ClN2O2. The van der Waals surface area contributed by atoms with Gasteiger partial charge >= 0.3 is 0 Å². The number of aromatic nitrogens is 2. The Morgan fingerprint density at radius 2 is 2.20 bits per heavy atom. The number of rotatable bonds is 0. The molecule has 1 aromatic carbocycles. The summed E-state index contributed by atoms with van der Waals surface area (Å²) in [5.41, 5.74) is 0.832.